The molecule has 0 spiro atoms. The van der Waals surface area contributed by atoms with Crippen molar-refractivity contribution in [3.63, 3.8) is 0 Å². The molecule has 7 heteroatoms. The molecule has 0 aromatic heterocycles. The van der Waals surface area contributed by atoms with Gasteiger partial charge in [-0.3, -0.25) is 9.59 Å². The van der Waals surface area contributed by atoms with Crippen molar-refractivity contribution in [2.45, 2.75) is 11.8 Å². The van der Waals surface area contributed by atoms with E-state index in [1.54, 1.807) is 0 Å². The summed E-state index contributed by atoms with van der Waals surface area (Å²) < 4.78 is 31.6. The van der Waals surface area contributed by atoms with E-state index in [1.807, 2.05) is 36.5 Å². The molecule has 2 aromatic rings. The van der Waals surface area contributed by atoms with Gasteiger partial charge >= 0.3 is 5.97 Å². The van der Waals surface area contributed by atoms with Crippen LogP contribution in [0, 0.1) is 18.6 Å². The van der Waals surface area contributed by atoms with Crippen molar-refractivity contribution in [1.29, 1.82) is 0 Å². The van der Waals surface area contributed by atoms with E-state index in [4.69, 9.17) is 4.74 Å². The fraction of sp³-hybridized carbons (Fsp3) is 0.176. The van der Waals surface area contributed by atoms with Gasteiger partial charge in [-0.05, 0) is 30.7 Å². The molecule has 0 atom stereocenters. The van der Waals surface area contributed by atoms with Crippen molar-refractivity contribution in [3.8, 4) is 0 Å². The minimum absolute atomic E-state index is 0.0339. The molecule has 4 nitrogen and oxygen atoms in total. The highest BCUT2D eigenvalue weighted by atomic mass is 32.2. The average Bonchev–Trinajstić information content (AvgIpc) is 2.56. The number of hydrogen-bond donors (Lipinski definition) is 1. The van der Waals surface area contributed by atoms with Crippen LogP contribution < -0.4 is 5.32 Å². The van der Waals surface area contributed by atoms with E-state index in [2.05, 4.69) is 0 Å². The Balaban J connectivity index is 1.79. The van der Waals surface area contributed by atoms with Gasteiger partial charge in [-0.25, -0.2) is 8.78 Å². The molecule has 0 saturated heterocycles. The van der Waals surface area contributed by atoms with Crippen LogP contribution in [0.4, 0.5) is 14.5 Å². The second-order valence-corrected chi connectivity index (χ2v) is 5.88. The van der Waals surface area contributed by atoms with Crippen LogP contribution in [-0.4, -0.2) is 24.2 Å². The Labute approximate surface area is 142 Å². The normalized spacial score (nSPS) is 10.3. The smallest absolute Gasteiger partial charge is 0.316 e. The molecule has 0 unspecified atom stereocenters. The largest absolute Gasteiger partial charge is 0.455 e. The highest BCUT2D eigenvalue weighted by molar-refractivity contribution is 8.00. The van der Waals surface area contributed by atoms with Crippen molar-refractivity contribution in [1.82, 2.24) is 0 Å². The summed E-state index contributed by atoms with van der Waals surface area (Å²) in [6.45, 7) is 1.31. The number of rotatable bonds is 6. The molecule has 1 N–H and O–H groups in total. The van der Waals surface area contributed by atoms with E-state index in [9.17, 15) is 18.4 Å². The Morgan fingerprint density at radius 1 is 1.08 bits per heavy atom. The number of ether oxygens (including phenoxy) is 1. The monoisotopic (exact) mass is 351 g/mol. The number of thioether (sulfide) groups is 1. The first-order valence-electron chi connectivity index (χ1n) is 7.05. The van der Waals surface area contributed by atoms with Gasteiger partial charge in [-0.1, -0.05) is 24.3 Å². The lowest BCUT2D eigenvalue weighted by Gasteiger charge is -2.08. The molecule has 24 heavy (non-hydrogen) atoms. The summed E-state index contributed by atoms with van der Waals surface area (Å²) in [5, 5.41) is 2.04. The number of nitrogens with one attached hydrogen (secondary N) is 1. The molecule has 0 aliphatic carbocycles. The first kappa shape index (κ1) is 17.9. The number of esters is 1. The summed E-state index contributed by atoms with van der Waals surface area (Å²) >= 11 is 1.29. The third-order valence-electron chi connectivity index (χ3n) is 3.03. The Morgan fingerprint density at radius 3 is 2.42 bits per heavy atom. The molecule has 0 fully saturated rings. The third-order valence-corrected chi connectivity index (χ3v) is 4.18. The lowest BCUT2D eigenvalue weighted by Crippen LogP contribution is -2.22. The third kappa shape index (κ3) is 5.06. The van der Waals surface area contributed by atoms with Gasteiger partial charge in [0.2, 0.25) is 0 Å². The first-order valence-corrected chi connectivity index (χ1v) is 8.04. The predicted molar refractivity (Wildman–Crippen MR) is 87.8 cm³/mol. The SMILES string of the molecule is Cc1ccccc1SCC(=O)OCC(=O)Nc1c(F)cccc1F. The van der Waals surface area contributed by atoms with Gasteiger partial charge in [-0.15, -0.1) is 11.8 Å². The summed E-state index contributed by atoms with van der Waals surface area (Å²) in [6, 6.07) is 10.8. The Kier molecular flexibility index (Phi) is 6.31. The second-order valence-electron chi connectivity index (χ2n) is 4.86. The van der Waals surface area contributed by atoms with E-state index in [0.29, 0.717) is 0 Å². The number of carbonyl (C=O) groups is 2. The minimum atomic E-state index is -0.898. The first-order chi connectivity index (χ1) is 11.5. The molecule has 2 aromatic carbocycles. The van der Waals surface area contributed by atoms with Crippen molar-refractivity contribution < 1.29 is 23.1 Å². The molecule has 0 bridgehead atoms. The number of amides is 1. The van der Waals surface area contributed by atoms with E-state index < -0.39 is 35.8 Å². The van der Waals surface area contributed by atoms with Crippen LogP contribution in [0.2, 0.25) is 0 Å². The fourth-order valence-corrected chi connectivity index (χ4v) is 2.66. The molecule has 1 amide bonds. The van der Waals surface area contributed by atoms with Crippen LogP contribution in [0.15, 0.2) is 47.4 Å². The van der Waals surface area contributed by atoms with Gasteiger partial charge in [0.25, 0.3) is 5.91 Å². The maximum absolute atomic E-state index is 13.4. The molecule has 0 radical (unpaired) electrons. The maximum atomic E-state index is 13.4. The van der Waals surface area contributed by atoms with Crippen molar-refractivity contribution in [2.75, 3.05) is 17.7 Å². The van der Waals surface area contributed by atoms with Gasteiger partial charge in [0.05, 0.1) is 5.75 Å². The summed E-state index contributed by atoms with van der Waals surface area (Å²) in [6.07, 6.45) is 0. The number of carbonyl (C=O) groups excluding carboxylic acids is 2. The molecular formula is C17H15F2NO3S. The van der Waals surface area contributed by atoms with Gasteiger partial charge in [0.15, 0.2) is 6.61 Å². The van der Waals surface area contributed by atoms with E-state index in [0.717, 1.165) is 22.6 Å². The summed E-state index contributed by atoms with van der Waals surface area (Å²) in [7, 11) is 0. The lowest BCUT2D eigenvalue weighted by molar-refractivity contribution is -0.144. The minimum Gasteiger partial charge on any atom is -0.455 e. The number of para-hydroxylation sites is 1. The van der Waals surface area contributed by atoms with Crippen LogP contribution in [0.5, 0.6) is 0 Å². The van der Waals surface area contributed by atoms with Gasteiger partial charge in [0.1, 0.15) is 17.3 Å². The lowest BCUT2D eigenvalue weighted by atomic mass is 10.2. The Hall–Kier alpha value is -2.41. The molecule has 126 valence electrons. The maximum Gasteiger partial charge on any atom is 0.316 e. The molecule has 0 aliphatic heterocycles. The summed E-state index contributed by atoms with van der Waals surface area (Å²) in [5.74, 6) is -3.16. The van der Waals surface area contributed by atoms with Crippen LogP contribution >= 0.6 is 11.8 Å². The summed E-state index contributed by atoms with van der Waals surface area (Å²) in [4.78, 5) is 24.2. The summed E-state index contributed by atoms with van der Waals surface area (Å²) in [5.41, 5.74) is 0.468. The van der Waals surface area contributed by atoms with E-state index in [1.165, 1.54) is 17.8 Å². The highest BCUT2D eigenvalue weighted by Crippen LogP contribution is 2.21. The van der Waals surface area contributed by atoms with Crippen molar-refractivity contribution in [2.24, 2.45) is 0 Å². The fourth-order valence-electron chi connectivity index (χ4n) is 1.84. The Bertz CT molecular complexity index is 732. The number of aryl methyl sites for hydroxylation is 1. The highest BCUT2D eigenvalue weighted by Gasteiger charge is 2.14. The zero-order valence-corrected chi connectivity index (χ0v) is 13.7. The molecule has 0 saturated carbocycles. The predicted octanol–water partition coefficient (Wildman–Crippen LogP) is 3.55. The number of halogens is 2. The van der Waals surface area contributed by atoms with Crippen LogP contribution in [0.3, 0.4) is 0 Å². The standard InChI is InChI=1S/C17H15F2NO3S/c1-11-5-2-3-8-14(11)24-10-16(22)23-9-15(21)20-17-12(18)6-4-7-13(17)19/h2-8H,9-10H2,1H3,(H,20,21). The molecular weight excluding hydrogens is 336 g/mol. The number of anilines is 1. The number of benzene rings is 2. The zero-order chi connectivity index (χ0) is 17.5. The van der Waals surface area contributed by atoms with E-state index in [-0.39, 0.29) is 5.75 Å². The Morgan fingerprint density at radius 2 is 1.75 bits per heavy atom. The second kappa shape index (κ2) is 8.44. The van der Waals surface area contributed by atoms with Gasteiger partial charge < -0.3 is 10.1 Å². The number of hydrogen-bond acceptors (Lipinski definition) is 4. The molecule has 2 rings (SSSR count). The van der Waals surface area contributed by atoms with Crippen LogP contribution in [0.25, 0.3) is 0 Å². The quantitative estimate of drug-likeness (QED) is 0.639. The average molecular weight is 351 g/mol. The van der Waals surface area contributed by atoms with Crippen molar-refractivity contribution in [3.05, 3.63) is 59.7 Å². The molecule has 0 aliphatic rings. The van der Waals surface area contributed by atoms with Gasteiger partial charge in [0, 0.05) is 4.90 Å². The topological polar surface area (TPSA) is 55.4 Å². The van der Waals surface area contributed by atoms with Crippen LogP contribution in [-0.2, 0) is 14.3 Å². The van der Waals surface area contributed by atoms with E-state index >= 15 is 0 Å². The zero-order valence-electron chi connectivity index (χ0n) is 12.8. The van der Waals surface area contributed by atoms with Crippen LogP contribution in [0.1, 0.15) is 5.56 Å². The molecule has 0 heterocycles. The van der Waals surface area contributed by atoms with Gasteiger partial charge in [-0.2, -0.15) is 0 Å². The van der Waals surface area contributed by atoms with Crippen molar-refractivity contribution >= 4 is 29.3 Å².